The van der Waals surface area contributed by atoms with Crippen LogP contribution in [0.3, 0.4) is 0 Å². The third kappa shape index (κ3) is 16400. The number of rotatable bonds is 0. The Balaban J connectivity index is -0.00000000222. The predicted molar refractivity (Wildman–Crippen MR) is 36.5 cm³/mol. The molecule has 12 nitrogen and oxygen atoms in total. The molecule has 0 aliphatic heterocycles. The zero-order valence-corrected chi connectivity index (χ0v) is 8.43. The van der Waals surface area contributed by atoms with Crippen molar-refractivity contribution in [2.45, 2.75) is 0 Å². The number of phosphoric acid groups is 1. The molecule has 0 unspecified atom stereocenters. The Morgan fingerprint density at radius 2 is 0.571 bits per heavy atom. The Hall–Kier alpha value is 0.309. The van der Waals surface area contributed by atoms with Crippen molar-refractivity contribution in [2.75, 3.05) is 0 Å². The van der Waals surface area contributed by atoms with Gasteiger partial charge in [-0.2, -0.15) is 7.82 Å². The van der Waals surface area contributed by atoms with Crippen LogP contribution in [0.1, 0.15) is 0 Å². The van der Waals surface area contributed by atoms with Gasteiger partial charge < -0.3 is 63.1 Å². The fourth-order valence-corrected chi connectivity index (χ4v) is 0. The van der Waals surface area contributed by atoms with Crippen molar-refractivity contribution in [3.63, 3.8) is 0 Å². The maximum atomic E-state index is 8.55. The van der Waals surface area contributed by atoms with Gasteiger partial charge in [-0.15, -0.1) is 0 Å². The molecule has 0 aromatic carbocycles. The van der Waals surface area contributed by atoms with E-state index in [0.29, 0.717) is 0 Å². The van der Waals surface area contributed by atoms with Crippen LogP contribution >= 0.6 is 7.82 Å². The van der Waals surface area contributed by atoms with E-state index in [4.69, 9.17) is 19.2 Å². The van der Waals surface area contributed by atoms with Crippen molar-refractivity contribution in [2.24, 2.45) is 0 Å². The van der Waals surface area contributed by atoms with E-state index >= 15 is 0 Å². The van der Waals surface area contributed by atoms with Gasteiger partial charge in [0.15, 0.2) is 0 Å². The molecule has 14 heavy (non-hydrogen) atoms. The number of hydrogen-bond acceptors (Lipinski definition) is 4. The molecule has 0 rings (SSSR count). The SMILES string of the molecule is O.O.O.O.O.O.O.O.O=P([O-])([O-])[O-].[Fe+2]. The Bertz CT molecular complexity index is 56.5. The van der Waals surface area contributed by atoms with Crippen LogP contribution in [0.4, 0.5) is 0 Å². The van der Waals surface area contributed by atoms with E-state index in [-0.39, 0.29) is 60.9 Å². The van der Waals surface area contributed by atoms with Gasteiger partial charge in [0, 0.05) is 0 Å². The quantitative estimate of drug-likeness (QED) is 0.309. The van der Waals surface area contributed by atoms with Crippen LogP contribution < -0.4 is 14.7 Å². The van der Waals surface area contributed by atoms with Crippen molar-refractivity contribution in [1.82, 2.24) is 0 Å². The summed E-state index contributed by atoms with van der Waals surface area (Å²) in [5, 5.41) is 0. The monoisotopic (exact) mass is 295 g/mol. The summed E-state index contributed by atoms with van der Waals surface area (Å²) in [4.78, 5) is 25.6. The van der Waals surface area contributed by atoms with Gasteiger partial charge in [0.25, 0.3) is 0 Å². The summed E-state index contributed by atoms with van der Waals surface area (Å²) >= 11 is 0. The summed E-state index contributed by atoms with van der Waals surface area (Å²) in [6.07, 6.45) is 0. The van der Waals surface area contributed by atoms with Crippen LogP contribution in [0.25, 0.3) is 0 Å². The first-order chi connectivity index (χ1) is 2.00. The molecule has 0 atom stereocenters. The molecule has 16 N–H and O–H groups in total. The summed E-state index contributed by atoms with van der Waals surface area (Å²) in [6.45, 7) is 0. The summed E-state index contributed by atoms with van der Waals surface area (Å²) in [6, 6.07) is 0. The minimum Gasteiger partial charge on any atom is -0.822 e. The molecule has 0 saturated heterocycles. The molecule has 0 fully saturated rings. The average Bonchev–Trinajstić information content (AvgIpc) is 0.722. The summed E-state index contributed by atoms with van der Waals surface area (Å²) in [5.74, 6) is 0. The first-order valence-electron chi connectivity index (χ1n) is 0.730. The molecule has 0 bridgehead atoms. The van der Waals surface area contributed by atoms with Crippen molar-refractivity contribution < 1.29 is 80.1 Å². The van der Waals surface area contributed by atoms with E-state index in [1.807, 2.05) is 0 Å². The molecule has 0 aromatic rings. The fraction of sp³-hybridized carbons (Fsp3) is 0. The molecular weight excluding hydrogens is 279 g/mol. The standard InChI is InChI=1S/Fe.H3O4P.8H2O/c;1-5(2,3)4;;;;;;;;/h;(H3,1,2,3,4);8*1H2/q+2;;;;;;;;;/p-3. The van der Waals surface area contributed by atoms with E-state index in [0.717, 1.165) is 0 Å². The predicted octanol–water partition coefficient (Wildman–Crippen LogP) is -9.42. The van der Waals surface area contributed by atoms with Crippen LogP contribution in [-0.2, 0) is 21.6 Å². The normalized spacial score (nSPS) is 4.21. The molecule has 0 amide bonds. The van der Waals surface area contributed by atoms with Gasteiger partial charge in [-0.05, 0) is 0 Å². The third-order valence-electron chi connectivity index (χ3n) is 0. The molecule has 102 valence electrons. The maximum Gasteiger partial charge on any atom is 2.00 e. The van der Waals surface area contributed by atoms with Crippen molar-refractivity contribution in [3.8, 4) is 0 Å². The fourth-order valence-electron chi connectivity index (χ4n) is 0. The van der Waals surface area contributed by atoms with Gasteiger partial charge in [0.05, 0.1) is 0 Å². The zero-order chi connectivity index (χ0) is 4.50. The summed E-state index contributed by atoms with van der Waals surface area (Å²) in [7, 11) is -5.39. The molecular formula is H16FeO12P-. The van der Waals surface area contributed by atoms with Crippen LogP contribution in [0.2, 0.25) is 0 Å². The van der Waals surface area contributed by atoms with Gasteiger partial charge in [0.2, 0.25) is 0 Å². The Kier molecular flexibility index (Phi) is 494. The molecule has 0 heterocycles. The van der Waals surface area contributed by atoms with Crippen LogP contribution in [-0.4, -0.2) is 43.8 Å². The zero-order valence-electron chi connectivity index (χ0n) is 6.43. The molecule has 0 aliphatic rings. The molecule has 0 saturated carbocycles. The molecule has 0 aromatic heterocycles. The van der Waals surface area contributed by atoms with Gasteiger partial charge in [-0.3, -0.25) is 0 Å². The largest absolute Gasteiger partial charge is 2.00 e. The average molecular weight is 295 g/mol. The van der Waals surface area contributed by atoms with Crippen molar-refractivity contribution in [1.29, 1.82) is 0 Å². The summed E-state index contributed by atoms with van der Waals surface area (Å²) < 4.78 is 8.55. The second-order valence-electron chi connectivity index (χ2n) is 0.447. The molecule has 0 spiro atoms. The van der Waals surface area contributed by atoms with Crippen molar-refractivity contribution >= 4 is 7.82 Å². The van der Waals surface area contributed by atoms with Gasteiger partial charge in [0.1, 0.15) is 0 Å². The maximum absolute atomic E-state index is 8.55. The van der Waals surface area contributed by atoms with Crippen molar-refractivity contribution in [3.05, 3.63) is 0 Å². The van der Waals surface area contributed by atoms with E-state index in [1.165, 1.54) is 0 Å². The van der Waals surface area contributed by atoms with Crippen LogP contribution in [0.5, 0.6) is 0 Å². The molecule has 14 heteroatoms. The minimum absolute atomic E-state index is 0. The van der Waals surface area contributed by atoms with E-state index in [9.17, 15) is 0 Å². The van der Waals surface area contributed by atoms with Gasteiger partial charge in [-0.25, -0.2) is 0 Å². The molecule has 0 aliphatic carbocycles. The van der Waals surface area contributed by atoms with Gasteiger partial charge >= 0.3 is 17.1 Å². The first-order valence-corrected chi connectivity index (χ1v) is 2.19. The smallest absolute Gasteiger partial charge is 0.822 e. The second kappa shape index (κ2) is 50.7. The third-order valence-corrected chi connectivity index (χ3v) is 0. The molecule has 0 radical (unpaired) electrons. The van der Waals surface area contributed by atoms with E-state index in [1.54, 1.807) is 0 Å². The second-order valence-corrected chi connectivity index (χ2v) is 1.34. The topological polar surface area (TPSA) is 338 Å². The van der Waals surface area contributed by atoms with E-state index < -0.39 is 7.82 Å². The van der Waals surface area contributed by atoms with E-state index in [2.05, 4.69) is 0 Å². The van der Waals surface area contributed by atoms with Crippen LogP contribution in [0.15, 0.2) is 0 Å². The van der Waals surface area contributed by atoms with Crippen LogP contribution in [0, 0.1) is 0 Å². The summed E-state index contributed by atoms with van der Waals surface area (Å²) in [5.41, 5.74) is 0. The first kappa shape index (κ1) is 136. The Morgan fingerprint density at radius 3 is 0.571 bits per heavy atom. The minimum atomic E-state index is -5.39. The Labute approximate surface area is 88.7 Å². The Morgan fingerprint density at radius 1 is 0.571 bits per heavy atom. The van der Waals surface area contributed by atoms with Gasteiger partial charge in [-0.1, -0.05) is 0 Å². The number of hydrogen-bond donors (Lipinski definition) is 0.